The maximum absolute atomic E-state index is 13.3. The third-order valence-corrected chi connectivity index (χ3v) is 5.64. The van der Waals surface area contributed by atoms with Crippen molar-refractivity contribution in [3.8, 4) is 11.5 Å². The highest BCUT2D eigenvalue weighted by molar-refractivity contribution is 5.78. The van der Waals surface area contributed by atoms with Crippen molar-refractivity contribution in [2.75, 3.05) is 25.7 Å². The van der Waals surface area contributed by atoms with Gasteiger partial charge in [-0.15, -0.1) is 0 Å². The molecule has 0 radical (unpaired) electrons. The number of fused-ring (bicyclic) bond motifs is 3. The summed E-state index contributed by atoms with van der Waals surface area (Å²) in [4.78, 5) is 32.9. The highest BCUT2D eigenvalue weighted by Crippen LogP contribution is 2.39. The van der Waals surface area contributed by atoms with Gasteiger partial charge in [0.25, 0.3) is 5.56 Å². The van der Waals surface area contributed by atoms with Gasteiger partial charge in [0, 0.05) is 32.7 Å². The van der Waals surface area contributed by atoms with Crippen LogP contribution in [0, 0.1) is 5.92 Å². The largest absolute Gasteiger partial charge is 0.497 e. The number of methoxy groups -OCH3 is 2. The maximum atomic E-state index is 13.3. The zero-order valence-corrected chi connectivity index (χ0v) is 18.5. The molecular formula is C22H27N5O4. The molecule has 31 heavy (non-hydrogen) atoms. The molecule has 9 nitrogen and oxygen atoms in total. The van der Waals surface area contributed by atoms with Gasteiger partial charge in [0.2, 0.25) is 5.95 Å². The predicted octanol–water partition coefficient (Wildman–Crippen LogP) is 2.28. The van der Waals surface area contributed by atoms with Crippen molar-refractivity contribution in [3.05, 3.63) is 51.2 Å². The molecule has 9 heteroatoms. The Balaban J connectivity index is 2.01. The normalized spacial score (nSPS) is 16.2. The van der Waals surface area contributed by atoms with Crippen molar-refractivity contribution in [3.63, 3.8) is 0 Å². The molecule has 1 aliphatic rings. The standard InChI is InChI=1S/C22H27N5O4/c1-6-7-10-25-20(28)18-19(24(3)22(25)29)23-21-26(12-14(2)13-27(18)21)16-11-15(30-4)8-9-17(16)31-5/h6-9,11,14H,10,12-13H2,1-5H3/b7-6+. The Bertz CT molecular complexity index is 1280. The van der Waals surface area contributed by atoms with Crippen LogP contribution in [0.4, 0.5) is 11.6 Å². The number of nitrogens with zero attached hydrogens (tertiary/aromatic N) is 5. The molecule has 0 saturated heterocycles. The molecule has 3 aromatic rings. The maximum Gasteiger partial charge on any atom is 0.332 e. The van der Waals surface area contributed by atoms with E-state index in [1.54, 1.807) is 27.3 Å². The molecule has 0 spiro atoms. The Morgan fingerprint density at radius 1 is 1.19 bits per heavy atom. The third kappa shape index (κ3) is 3.30. The Kier molecular flexibility index (Phi) is 5.34. The van der Waals surface area contributed by atoms with Gasteiger partial charge in [-0.2, -0.15) is 4.98 Å². The van der Waals surface area contributed by atoms with Crippen LogP contribution in [0.25, 0.3) is 11.2 Å². The van der Waals surface area contributed by atoms with Gasteiger partial charge in [-0.1, -0.05) is 19.1 Å². The highest BCUT2D eigenvalue weighted by atomic mass is 16.5. The van der Waals surface area contributed by atoms with E-state index in [9.17, 15) is 9.59 Å². The van der Waals surface area contributed by atoms with Crippen LogP contribution in [0.15, 0.2) is 39.9 Å². The van der Waals surface area contributed by atoms with E-state index in [1.165, 1.54) is 9.13 Å². The smallest absolute Gasteiger partial charge is 0.332 e. The number of rotatable bonds is 5. The lowest BCUT2D eigenvalue weighted by Gasteiger charge is -2.33. The minimum atomic E-state index is -0.385. The summed E-state index contributed by atoms with van der Waals surface area (Å²) in [7, 11) is 4.88. The van der Waals surface area contributed by atoms with Crippen LogP contribution in [-0.2, 0) is 20.1 Å². The zero-order chi connectivity index (χ0) is 22.3. The quantitative estimate of drug-likeness (QED) is 0.583. The second kappa shape index (κ2) is 7.98. The first kappa shape index (κ1) is 20.8. The van der Waals surface area contributed by atoms with Gasteiger partial charge in [-0.25, -0.2) is 4.79 Å². The molecular weight excluding hydrogens is 398 g/mol. The molecule has 0 N–H and O–H groups in total. The van der Waals surface area contributed by atoms with E-state index >= 15 is 0 Å². The lowest BCUT2D eigenvalue weighted by Crippen LogP contribution is -2.40. The van der Waals surface area contributed by atoms with Crippen molar-refractivity contribution in [1.82, 2.24) is 18.7 Å². The minimum Gasteiger partial charge on any atom is -0.497 e. The summed E-state index contributed by atoms with van der Waals surface area (Å²) in [6.07, 6.45) is 3.61. The number of benzene rings is 1. The Labute approximate surface area is 179 Å². The van der Waals surface area contributed by atoms with Gasteiger partial charge < -0.3 is 18.9 Å². The second-order valence-corrected chi connectivity index (χ2v) is 7.77. The van der Waals surface area contributed by atoms with Gasteiger partial charge in [0.1, 0.15) is 11.5 Å². The average Bonchev–Trinajstić information content (AvgIpc) is 3.16. The lowest BCUT2D eigenvalue weighted by atomic mass is 10.1. The molecule has 1 aromatic carbocycles. The fourth-order valence-electron chi connectivity index (χ4n) is 4.09. The number of hydrogen-bond acceptors (Lipinski definition) is 6. The number of aryl methyl sites for hydroxylation is 1. The van der Waals surface area contributed by atoms with Crippen molar-refractivity contribution in [2.24, 2.45) is 13.0 Å². The molecule has 3 heterocycles. The van der Waals surface area contributed by atoms with Crippen LogP contribution in [0.2, 0.25) is 0 Å². The van der Waals surface area contributed by atoms with Crippen molar-refractivity contribution in [2.45, 2.75) is 26.9 Å². The van der Waals surface area contributed by atoms with Crippen LogP contribution >= 0.6 is 0 Å². The topological polar surface area (TPSA) is 83.5 Å². The average molecular weight is 425 g/mol. The van der Waals surface area contributed by atoms with Crippen molar-refractivity contribution < 1.29 is 9.47 Å². The summed E-state index contributed by atoms with van der Waals surface area (Å²) >= 11 is 0. The van der Waals surface area contributed by atoms with E-state index in [4.69, 9.17) is 14.5 Å². The molecule has 164 valence electrons. The zero-order valence-electron chi connectivity index (χ0n) is 18.5. The number of hydrogen-bond donors (Lipinski definition) is 0. The first-order valence-corrected chi connectivity index (χ1v) is 10.2. The first-order chi connectivity index (χ1) is 14.9. The Hall–Kier alpha value is -3.49. The Morgan fingerprint density at radius 2 is 1.97 bits per heavy atom. The second-order valence-electron chi connectivity index (χ2n) is 7.77. The number of anilines is 2. The van der Waals surface area contributed by atoms with Crippen LogP contribution < -0.4 is 25.6 Å². The van der Waals surface area contributed by atoms with Gasteiger partial charge in [0.05, 0.1) is 19.9 Å². The molecule has 1 atom stereocenters. The molecule has 0 fully saturated rings. The van der Waals surface area contributed by atoms with Crippen LogP contribution in [0.5, 0.6) is 11.5 Å². The third-order valence-electron chi connectivity index (χ3n) is 5.64. The van der Waals surface area contributed by atoms with Crippen molar-refractivity contribution in [1.29, 1.82) is 0 Å². The van der Waals surface area contributed by atoms with Gasteiger partial charge >= 0.3 is 5.69 Å². The monoisotopic (exact) mass is 425 g/mol. The molecule has 0 amide bonds. The first-order valence-electron chi connectivity index (χ1n) is 10.2. The van der Waals surface area contributed by atoms with Gasteiger partial charge in [-0.3, -0.25) is 13.9 Å². The van der Waals surface area contributed by atoms with Crippen LogP contribution in [-0.4, -0.2) is 39.4 Å². The minimum absolute atomic E-state index is 0.224. The number of aromatic nitrogens is 4. The number of imidazole rings is 1. The molecule has 1 aliphatic heterocycles. The van der Waals surface area contributed by atoms with Crippen LogP contribution in [0.3, 0.4) is 0 Å². The van der Waals surface area contributed by atoms with Crippen molar-refractivity contribution >= 4 is 22.8 Å². The van der Waals surface area contributed by atoms with Gasteiger partial charge in [0.15, 0.2) is 11.2 Å². The fourth-order valence-corrected chi connectivity index (χ4v) is 4.09. The molecule has 2 aromatic heterocycles. The van der Waals surface area contributed by atoms with E-state index < -0.39 is 0 Å². The SMILES string of the molecule is C/C=C/Cn1c(=O)c2c(nc3n2CC(C)CN3c2cc(OC)ccc2OC)n(C)c1=O. The molecule has 0 bridgehead atoms. The molecule has 1 unspecified atom stereocenters. The van der Waals surface area contributed by atoms with Crippen LogP contribution in [0.1, 0.15) is 13.8 Å². The summed E-state index contributed by atoms with van der Waals surface area (Å²) in [5.74, 6) is 2.21. The molecule has 4 rings (SSSR count). The highest BCUT2D eigenvalue weighted by Gasteiger charge is 2.31. The Morgan fingerprint density at radius 3 is 2.65 bits per heavy atom. The fraction of sp³-hybridized carbons (Fsp3) is 0.409. The lowest BCUT2D eigenvalue weighted by molar-refractivity contribution is 0.399. The molecule has 0 aliphatic carbocycles. The van der Waals surface area contributed by atoms with E-state index in [-0.39, 0.29) is 23.7 Å². The summed E-state index contributed by atoms with van der Waals surface area (Å²) in [6.45, 7) is 5.52. The van der Waals surface area contributed by atoms with Gasteiger partial charge in [-0.05, 0) is 25.0 Å². The summed E-state index contributed by atoms with van der Waals surface area (Å²) in [6, 6.07) is 5.58. The summed E-state index contributed by atoms with van der Waals surface area (Å²) < 4.78 is 15.6. The van der Waals surface area contributed by atoms with E-state index in [1.807, 2.05) is 40.7 Å². The summed E-state index contributed by atoms with van der Waals surface area (Å²) in [5.41, 5.74) is 0.887. The summed E-state index contributed by atoms with van der Waals surface area (Å²) in [5, 5.41) is 0. The van der Waals surface area contributed by atoms with E-state index in [0.717, 1.165) is 5.69 Å². The van der Waals surface area contributed by atoms with E-state index in [0.29, 0.717) is 41.7 Å². The molecule has 0 saturated carbocycles. The van der Waals surface area contributed by atoms with E-state index in [2.05, 4.69) is 6.92 Å². The number of allylic oxidation sites excluding steroid dienone is 2. The number of ether oxygens (including phenoxy) is 2. The predicted molar refractivity (Wildman–Crippen MR) is 120 cm³/mol.